The van der Waals surface area contributed by atoms with Crippen molar-refractivity contribution < 1.29 is 9.53 Å². The van der Waals surface area contributed by atoms with E-state index in [0.29, 0.717) is 13.0 Å². The maximum atomic E-state index is 12.5. The molecule has 0 unspecified atom stereocenters. The standard InChI is InChI=1S/C38H43N3O2/c1-29-18-19-30(2)36(27-29)43-26-12-11-25-41-35-16-9-8-15-34(35)40-37(41)17-7-4-10-24-39-38(42)28-31-20-22-33(23-21-31)32-13-5-3-6-14-32/h3,5-6,8-9,13-16,18-23,27H,4,7,10-12,17,24-26,28H2,1-2H3,(H,39,42). The van der Waals surface area contributed by atoms with Gasteiger partial charge in [-0.2, -0.15) is 0 Å². The van der Waals surface area contributed by atoms with Gasteiger partial charge in [0.15, 0.2) is 0 Å². The molecule has 0 aliphatic rings. The number of benzene rings is 4. The van der Waals surface area contributed by atoms with Crippen molar-refractivity contribution in [3.05, 3.63) is 120 Å². The lowest BCUT2D eigenvalue weighted by molar-refractivity contribution is -0.120. The van der Waals surface area contributed by atoms with Gasteiger partial charge in [0, 0.05) is 19.5 Å². The third-order valence-corrected chi connectivity index (χ3v) is 7.94. The van der Waals surface area contributed by atoms with Gasteiger partial charge in [-0.25, -0.2) is 4.98 Å². The minimum atomic E-state index is 0.0794. The van der Waals surface area contributed by atoms with Gasteiger partial charge in [0.05, 0.1) is 24.1 Å². The molecule has 1 aromatic heterocycles. The van der Waals surface area contributed by atoms with Crippen molar-refractivity contribution in [3.8, 4) is 16.9 Å². The summed E-state index contributed by atoms with van der Waals surface area (Å²) in [6, 6.07) is 33.4. The average Bonchev–Trinajstić information content (AvgIpc) is 3.38. The number of hydrogen-bond donors (Lipinski definition) is 1. The lowest BCUT2D eigenvalue weighted by Crippen LogP contribution is -2.26. The zero-order valence-electron chi connectivity index (χ0n) is 25.5. The van der Waals surface area contributed by atoms with E-state index < -0.39 is 0 Å². The Morgan fingerprint density at radius 3 is 2.40 bits per heavy atom. The molecule has 0 aliphatic heterocycles. The SMILES string of the molecule is Cc1ccc(C)c(OCCCCn2c(CCCCCNC(=O)Cc3ccc(-c4ccccc4)cc3)nc3ccccc32)c1. The van der Waals surface area contributed by atoms with Crippen LogP contribution in [0.25, 0.3) is 22.2 Å². The first-order valence-corrected chi connectivity index (χ1v) is 15.6. The van der Waals surface area contributed by atoms with E-state index in [2.05, 4.69) is 90.5 Å². The first kappa shape index (κ1) is 30.1. The van der Waals surface area contributed by atoms with Crippen LogP contribution in [0.4, 0.5) is 0 Å². The molecule has 0 atom stereocenters. The molecule has 5 heteroatoms. The molecule has 0 spiro atoms. The molecular formula is C38H43N3O2. The molecule has 222 valence electrons. The van der Waals surface area contributed by atoms with E-state index in [-0.39, 0.29) is 5.91 Å². The van der Waals surface area contributed by atoms with E-state index in [4.69, 9.17) is 9.72 Å². The number of nitrogens with one attached hydrogen (secondary N) is 1. The molecular weight excluding hydrogens is 530 g/mol. The van der Waals surface area contributed by atoms with Crippen LogP contribution in [0.2, 0.25) is 0 Å². The molecule has 1 amide bonds. The Bertz CT molecular complexity index is 1610. The highest BCUT2D eigenvalue weighted by Crippen LogP contribution is 2.22. The van der Waals surface area contributed by atoms with Crippen LogP contribution >= 0.6 is 0 Å². The van der Waals surface area contributed by atoms with Crippen molar-refractivity contribution in [1.82, 2.24) is 14.9 Å². The Labute approximate surface area is 255 Å². The molecule has 0 fully saturated rings. The van der Waals surface area contributed by atoms with Crippen molar-refractivity contribution >= 4 is 16.9 Å². The Morgan fingerprint density at radius 2 is 1.56 bits per heavy atom. The number of ether oxygens (including phenoxy) is 1. The Balaban J connectivity index is 1.02. The third-order valence-electron chi connectivity index (χ3n) is 7.94. The Morgan fingerprint density at radius 1 is 0.791 bits per heavy atom. The van der Waals surface area contributed by atoms with Crippen molar-refractivity contribution in [2.75, 3.05) is 13.2 Å². The van der Waals surface area contributed by atoms with Gasteiger partial charge in [-0.15, -0.1) is 0 Å². The van der Waals surface area contributed by atoms with Gasteiger partial charge < -0.3 is 14.6 Å². The number of aromatic nitrogens is 2. The number of hydrogen-bond acceptors (Lipinski definition) is 3. The summed E-state index contributed by atoms with van der Waals surface area (Å²) in [4.78, 5) is 17.5. The number of carbonyl (C=O) groups is 1. The minimum absolute atomic E-state index is 0.0794. The van der Waals surface area contributed by atoms with Crippen molar-refractivity contribution in [2.24, 2.45) is 0 Å². The van der Waals surface area contributed by atoms with Crippen LogP contribution in [0.3, 0.4) is 0 Å². The third kappa shape index (κ3) is 8.57. The molecule has 0 aliphatic carbocycles. The zero-order chi connectivity index (χ0) is 29.9. The second kappa shape index (κ2) is 15.2. The maximum absolute atomic E-state index is 12.5. The molecule has 43 heavy (non-hydrogen) atoms. The number of amides is 1. The summed E-state index contributed by atoms with van der Waals surface area (Å²) >= 11 is 0. The van der Waals surface area contributed by atoms with Gasteiger partial charge in [-0.1, -0.05) is 85.3 Å². The highest BCUT2D eigenvalue weighted by Gasteiger charge is 2.11. The van der Waals surface area contributed by atoms with Crippen LogP contribution in [0.1, 0.15) is 54.6 Å². The number of imidazole rings is 1. The molecule has 0 radical (unpaired) electrons. The number of aryl methyl sites for hydroxylation is 4. The summed E-state index contributed by atoms with van der Waals surface area (Å²) in [5, 5.41) is 3.10. The fourth-order valence-electron chi connectivity index (χ4n) is 5.49. The van der Waals surface area contributed by atoms with Crippen LogP contribution in [-0.4, -0.2) is 28.6 Å². The predicted molar refractivity (Wildman–Crippen MR) is 177 cm³/mol. The highest BCUT2D eigenvalue weighted by molar-refractivity contribution is 5.79. The second-order valence-corrected chi connectivity index (χ2v) is 11.4. The molecule has 1 heterocycles. The summed E-state index contributed by atoms with van der Waals surface area (Å²) in [6.07, 6.45) is 6.46. The monoisotopic (exact) mass is 573 g/mol. The van der Waals surface area contributed by atoms with E-state index in [0.717, 1.165) is 74.3 Å². The molecule has 1 N–H and O–H groups in total. The number of rotatable bonds is 15. The fraction of sp³-hybridized carbons (Fsp3) is 0.316. The Hall–Kier alpha value is -4.38. The van der Waals surface area contributed by atoms with Gasteiger partial charge in [0.25, 0.3) is 0 Å². The number of unbranched alkanes of at least 4 members (excludes halogenated alkanes) is 3. The number of fused-ring (bicyclic) bond motifs is 1. The number of para-hydroxylation sites is 2. The van der Waals surface area contributed by atoms with E-state index in [1.54, 1.807) is 0 Å². The van der Waals surface area contributed by atoms with Gasteiger partial charge in [0.2, 0.25) is 5.91 Å². The fourth-order valence-corrected chi connectivity index (χ4v) is 5.49. The largest absolute Gasteiger partial charge is 0.493 e. The lowest BCUT2D eigenvalue weighted by Gasteiger charge is -2.12. The van der Waals surface area contributed by atoms with Crippen molar-refractivity contribution in [3.63, 3.8) is 0 Å². The number of nitrogens with zero attached hydrogens (tertiary/aromatic N) is 2. The van der Waals surface area contributed by atoms with E-state index in [9.17, 15) is 4.79 Å². The molecule has 0 saturated heterocycles. The first-order valence-electron chi connectivity index (χ1n) is 15.6. The smallest absolute Gasteiger partial charge is 0.224 e. The minimum Gasteiger partial charge on any atom is -0.493 e. The zero-order valence-corrected chi connectivity index (χ0v) is 25.5. The maximum Gasteiger partial charge on any atom is 0.224 e. The summed E-state index contributed by atoms with van der Waals surface area (Å²) in [5.41, 5.74) is 8.07. The molecule has 5 nitrogen and oxygen atoms in total. The van der Waals surface area contributed by atoms with Gasteiger partial charge >= 0.3 is 0 Å². The first-order chi connectivity index (χ1) is 21.1. The summed E-state index contributed by atoms with van der Waals surface area (Å²) in [6.45, 7) is 6.56. The van der Waals surface area contributed by atoms with Gasteiger partial charge in [-0.05, 0) is 85.5 Å². The van der Waals surface area contributed by atoms with Gasteiger partial charge in [0.1, 0.15) is 11.6 Å². The topological polar surface area (TPSA) is 56.1 Å². The normalized spacial score (nSPS) is 11.1. The van der Waals surface area contributed by atoms with Crippen LogP contribution < -0.4 is 10.1 Å². The molecule has 0 bridgehead atoms. The van der Waals surface area contributed by atoms with Crippen LogP contribution in [0, 0.1) is 13.8 Å². The lowest BCUT2D eigenvalue weighted by atomic mass is 10.0. The predicted octanol–water partition coefficient (Wildman–Crippen LogP) is 8.25. The van der Waals surface area contributed by atoms with Gasteiger partial charge in [-0.3, -0.25) is 4.79 Å². The van der Waals surface area contributed by atoms with Crippen molar-refractivity contribution in [2.45, 2.75) is 65.3 Å². The second-order valence-electron chi connectivity index (χ2n) is 11.4. The highest BCUT2D eigenvalue weighted by atomic mass is 16.5. The molecule has 5 rings (SSSR count). The van der Waals surface area contributed by atoms with Crippen LogP contribution in [0.5, 0.6) is 5.75 Å². The molecule has 0 saturated carbocycles. The molecule has 4 aromatic carbocycles. The van der Waals surface area contributed by atoms with Crippen molar-refractivity contribution in [1.29, 1.82) is 0 Å². The number of carbonyl (C=O) groups excluding carboxylic acids is 1. The quantitative estimate of drug-likeness (QED) is 0.128. The Kier molecular flexibility index (Phi) is 10.6. The van der Waals surface area contributed by atoms with E-state index in [1.165, 1.54) is 27.8 Å². The van der Waals surface area contributed by atoms with E-state index in [1.807, 2.05) is 30.3 Å². The van der Waals surface area contributed by atoms with Crippen LogP contribution in [-0.2, 0) is 24.2 Å². The summed E-state index contributed by atoms with van der Waals surface area (Å²) in [5.74, 6) is 2.22. The molecule has 5 aromatic rings. The summed E-state index contributed by atoms with van der Waals surface area (Å²) in [7, 11) is 0. The van der Waals surface area contributed by atoms with Crippen LogP contribution in [0.15, 0.2) is 97.1 Å². The average molecular weight is 574 g/mol. The van der Waals surface area contributed by atoms with E-state index >= 15 is 0 Å². The summed E-state index contributed by atoms with van der Waals surface area (Å²) < 4.78 is 8.46.